The second kappa shape index (κ2) is 7.22. The standard InChI is InChI=1S/C16H18BrN3O/c1-11(13-5-3-7-15(17)9-13)19-16(21)20-12(2)14-6-4-8-18-10-14/h3-12H,1-2H3,(H2,19,20,21). The van der Waals surface area contributed by atoms with E-state index in [1.807, 2.05) is 50.2 Å². The molecule has 5 heteroatoms. The van der Waals surface area contributed by atoms with Gasteiger partial charge in [0.2, 0.25) is 0 Å². The Morgan fingerprint density at radius 3 is 2.38 bits per heavy atom. The van der Waals surface area contributed by atoms with E-state index >= 15 is 0 Å². The van der Waals surface area contributed by atoms with Crippen molar-refractivity contribution in [1.82, 2.24) is 15.6 Å². The maximum atomic E-state index is 12.0. The number of hydrogen-bond acceptors (Lipinski definition) is 2. The smallest absolute Gasteiger partial charge is 0.315 e. The van der Waals surface area contributed by atoms with Crippen LogP contribution in [0.2, 0.25) is 0 Å². The van der Waals surface area contributed by atoms with Crippen LogP contribution in [0, 0.1) is 0 Å². The third kappa shape index (κ3) is 4.56. The molecule has 0 radical (unpaired) electrons. The maximum absolute atomic E-state index is 12.0. The van der Waals surface area contributed by atoms with Gasteiger partial charge in [-0.15, -0.1) is 0 Å². The van der Waals surface area contributed by atoms with Crippen LogP contribution in [0.4, 0.5) is 4.79 Å². The SMILES string of the molecule is CC(NC(=O)NC(C)c1cccc(Br)c1)c1cccnc1. The summed E-state index contributed by atoms with van der Waals surface area (Å²) >= 11 is 3.43. The van der Waals surface area contributed by atoms with Crippen LogP contribution in [0.25, 0.3) is 0 Å². The Bertz CT molecular complexity index is 603. The fraction of sp³-hybridized carbons (Fsp3) is 0.250. The van der Waals surface area contributed by atoms with Gasteiger partial charge < -0.3 is 10.6 Å². The Labute approximate surface area is 133 Å². The van der Waals surface area contributed by atoms with Gasteiger partial charge in [0.1, 0.15) is 0 Å². The number of carbonyl (C=O) groups excluding carboxylic acids is 1. The van der Waals surface area contributed by atoms with Gasteiger partial charge in [-0.05, 0) is 43.2 Å². The lowest BCUT2D eigenvalue weighted by molar-refractivity contribution is 0.235. The van der Waals surface area contributed by atoms with E-state index in [1.165, 1.54) is 0 Å². The van der Waals surface area contributed by atoms with Crippen molar-refractivity contribution in [3.63, 3.8) is 0 Å². The van der Waals surface area contributed by atoms with E-state index in [0.29, 0.717) is 0 Å². The molecule has 0 fully saturated rings. The van der Waals surface area contributed by atoms with Crippen molar-refractivity contribution in [3.05, 3.63) is 64.4 Å². The number of pyridine rings is 1. The third-order valence-corrected chi connectivity index (χ3v) is 3.72. The molecule has 2 atom stereocenters. The fourth-order valence-corrected chi connectivity index (χ4v) is 2.43. The minimum Gasteiger partial charge on any atom is -0.332 e. The summed E-state index contributed by atoms with van der Waals surface area (Å²) in [5, 5.41) is 5.84. The summed E-state index contributed by atoms with van der Waals surface area (Å²) in [6, 6.07) is 11.3. The number of carbonyl (C=O) groups is 1. The fourth-order valence-electron chi connectivity index (χ4n) is 2.01. The van der Waals surface area contributed by atoms with E-state index in [2.05, 4.69) is 31.5 Å². The minimum absolute atomic E-state index is 0.0661. The minimum atomic E-state index is -0.196. The molecule has 4 nitrogen and oxygen atoms in total. The van der Waals surface area contributed by atoms with Crippen molar-refractivity contribution in [2.45, 2.75) is 25.9 Å². The van der Waals surface area contributed by atoms with Crippen molar-refractivity contribution in [2.75, 3.05) is 0 Å². The number of amides is 2. The van der Waals surface area contributed by atoms with Crippen LogP contribution in [0.1, 0.15) is 37.1 Å². The van der Waals surface area contributed by atoms with Crippen LogP contribution in [-0.4, -0.2) is 11.0 Å². The number of nitrogens with zero attached hydrogens (tertiary/aromatic N) is 1. The van der Waals surface area contributed by atoms with Crippen molar-refractivity contribution >= 4 is 22.0 Å². The highest BCUT2D eigenvalue weighted by Crippen LogP contribution is 2.18. The zero-order valence-corrected chi connectivity index (χ0v) is 13.6. The molecule has 0 aliphatic heterocycles. The lowest BCUT2D eigenvalue weighted by Gasteiger charge is -2.18. The van der Waals surface area contributed by atoms with Crippen LogP contribution in [0.3, 0.4) is 0 Å². The normalized spacial score (nSPS) is 13.3. The van der Waals surface area contributed by atoms with E-state index in [9.17, 15) is 4.79 Å². The molecule has 2 unspecified atom stereocenters. The largest absolute Gasteiger partial charge is 0.332 e. The molecule has 2 amide bonds. The first-order valence-corrected chi connectivity index (χ1v) is 7.58. The predicted octanol–water partition coefficient (Wildman–Crippen LogP) is 3.97. The van der Waals surface area contributed by atoms with Crippen LogP contribution in [0.15, 0.2) is 53.3 Å². The van der Waals surface area contributed by atoms with E-state index in [0.717, 1.165) is 15.6 Å². The van der Waals surface area contributed by atoms with Gasteiger partial charge >= 0.3 is 6.03 Å². The molecule has 0 bridgehead atoms. The highest BCUT2D eigenvalue weighted by molar-refractivity contribution is 9.10. The van der Waals surface area contributed by atoms with E-state index < -0.39 is 0 Å². The third-order valence-electron chi connectivity index (χ3n) is 3.23. The molecule has 0 spiro atoms. The molecular weight excluding hydrogens is 330 g/mol. The second-order valence-electron chi connectivity index (χ2n) is 4.90. The van der Waals surface area contributed by atoms with Gasteiger partial charge in [0.25, 0.3) is 0 Å². The Kier molecular flexibility index (Phi) is 5.33. The number of nitrogens with one attached hydrogen (secondary N) is 2. The maximum Gasteiger partial charge on any atom is 0.315 e. The molecule has 2 N–H and O–H groups in total. The van der Waals surface area contributed by atoms with Crippen LogP contribution in [-0.2, 0) is 0 Å². The predicted molar refractivity (Wildman–Crippen MR) is 86.9 cm³/mol. The summed E-state index contributed by atoms with van der Waals surface area (Å²) in [5.41, 5.74) is 2.02. The van der Waals surface area contributed by atoms with Crippen LogP contribution in [0.5, 0.6) is 0 Å². The van der Waals surface area contributed by atoms with Crippen molar-refractivity contribution in [1.29, 1.82) is 0 Å². The quantitative estimate of drug-likeness (QED) is 0.879. The van der Waals surface area contributed by atoms with Crippen LogP contribution < -0.4 is 10.6 Å². The number of benzene rings is 1. The van der Waals surface area contributed by atoms with E-state index in [4.69, 9.17) is 0 Å². The first kappa shape index (κ1) is 15.5. The van der Waals surface area contributed by atoms with Gasteiger partial charge in [0.15, 0.2) is 0 Å². The summed E-state index contributed by atoms with van der Waals surface area (Å²) in [4.78, 5) is 16.1. The van der Waals surface area contributed by atoms with Crippen molar-refractivity contribution in [2.24, 2.45) is 0 Å². The summed E-state index contributed by atoms with van der Waals surface area (Å²) in [5.74, 6) is 0. The lowest BCUT2D eigenvalue weighted by atomic mass is 10.1. The zero-order valence-electron chi connectivity index (χ0n) is 12.0. The number of aromatic nitrogens is 1. The average Bonchev–Trinajstić information content (AvgIpc) is 2.48. The Hall–Kier alpha value is -1.88. The molecule has 21 heavy (non-hydrogen) atoms. The molecule has 0 aliphatic carbocycles. The molecular formula is C16H18BrN3O. The molecule has 0 saturated carbocycles. The summed E-state index contributed by atoms with van der Waals surface area (Å²) in [7, 11) is 0. The Morgan fingerprint density at radius 2 is 1.76 bits per heavy atom. The van der Waals surface area contributed by atoms with Gasteiger partial charge in [0, 0.05) is 16.9 Å². The molecule has 1 aromatic carbocycles. The number of halogens is 1. The lowest BCUT2D eigenvalue weighted by Crippen LogP contribution is -2.38. The summed E-state index contributed by atoms with van der Waals surface area (Å²) < 4.78 is 0.998. The van der Waals surface area contributed by atoms with E-state index in [-0.39, 0.29) is 18.1 Å². The average molecular weight is 348 g/mol. The first-order chi connectivity index (χ1) is 10.1. The molecule has 2 rings (SSSR count). The zero-order chi connectivity index (χ0) is 15.2. The number of hydrogen-bond donors (Lipinski definition) is 2. The van der Waals surface area contributed by atoms with Crippen molar-refractivity contribution in [3.8, 4) is 0 Å². The number of urea groups is 1. The molecule has 1 aromatic heterocycles. The van der Waals surface area contributed by atoms with Gasteiger partial charge in [-0.25, -0.2) is 4.79 Å². The van der Waals surface area contributed by atoms with Gasteiger partial charge in [-0.2, -0.15) is 0 Å². The Morgan fingerprint density at radius 1 is 1.10 bits per heavy atom. The highest BCUT2D eigenvalue weighted by Gasteiger charge is 2.13. The van der Waals surface area contributed by atoms with Crippen LogP contribution >= 0.6 is 15.9 Å². The van der Waals surface area contributed by atoms with Crippen molar-refractivity contribution < 1.29 is 4.79 Å². The first-order valence-electron chi connectivity index (χ1n) is 6.78. The molecule has 2 aromatic rings. The monoisotopic (exact) mass is 347 g/mol. The second-order valence-corrected chi connectivity index (χ2v) is 5.82. The highest BCUT2D eigenvalue weighted by atomic mass is 79.9. The van der Waals surface area contributed by atoms with Gasteiger partial charge in [-0.1, -0.05) is 34.1 Å². The van der Waals surface area contributed by atoms with Gasteiger partial charge in [0.05, 0.1) is 12.1 Å². The van der Waals surface area contributed by atoms with E-state index in [1.54, 1.807) is 12.4 Å². The summed E-state index contributed by atoms with van der Waals surface area (Å²) in [6.45, 7) is 3.89. The topological polar surface area (TPSA) is 54.0 Å². The molecule has 0 saturated heterocycles. The molecule has 0 aliphatic rings. The molecule has 110 valence electrons. The van der Waals surface area contributed by atoms with Gasteiger partial charge in [-0.3, -0.25) is 4.98 Å². The number of rotatable bonds is 4. The molecule has 1 heterocycles. The Balaban J connectivity index is 1.92. The summed E-state index contributed by atoms with van der Waals surface area (Å²) in [6.07, 6.45) is 3.47.